The summed E-state index contributed by atoms with van der Waals surface area (Å²) in [6.07, 6.45) is 0. The first-order valence-electron chi connectivity index (χ1n) is 9.46. The third kappa shape index (κ3) is 4.04. The lowest BCUT2D eigenvalue weighted by Crippen LogP contribution is -2.11. The fourth-order valence-electron chi connectivity index (χ4n) is 3.18. The van der Waals surface area contributed by atoms with Gasteiger partial charge in [0.1, 0.15) is 5.01 Å². The van der Waals surface area contributed by atoms with Gasteiger partial charge in [0, 0.05) is 18.2 Å². The minimum absolute atomic E-state index is 0.121. The van der Waals surface area contributed by atoms with Gasteiger partial charge in [-0.05, 0) is 42.0 Å². The van der Waals surface area contributed by atoms with E-state index in [1.807, 2.05) is 12.1 Å². The van der Waals surface area contributed by atoms with Gasteiger partial charge < -0.3 is 5.11 Å². The van der Waals surface area contributed by atoms with E-state index in [-0.39, 0.29) is 5.56 Å². The lowest BCUT2D eigenvalue weighted by molar-refractivity contribution is 0.0697. The van der Waals surface area contributed by atoms with E-state index in [4.69, 9.17) is 15.5 Å². The van der Waals surface area contributed by atoms with Crippen molar-refractivity contribution in [1.29, 1.82) is 10.5 Å². The Morgan fingerprint density at radius 3 is 2.12 bits per heavy atom. The van der Waals surface area contributed by atoms with Gasteiger partial charge in [0.15, 0.2) is 0 Å². The van der Waals surface area contributed by atoms with Crippen molar-refractivity contribution >= 4 is 23.0 Å². The Kier molecular flexibility index (Phi) is 5.63. The number of carboxylic acid groups (broad SMARTS) is 1. The van der Waals surface area contributed by atoms with Crippen LogP contribution in [-0.4, -0.2) is 20.9 Å². The first-order valence-corrected chi connectivity index (χ1v) is 10.3. The van der Waals surface area contributed by atoms with Crippen molar-refractivity contribution in [2.24, 2.45) is 12.0 Å². The fourth-order valence-corrected chi connectivity index (χ4v) is 4.09. The summed E-state index contributed by atoms with van der Waals surface area (Å²) in [6, 6.07) is 22.9. The number of carboxylic acids is 1. The van der Waals surface area contributed by atoms with E-state index < -0.39 is 5.97 Å². The van der Waals surface area contributed by atoms with E-state index in [2.05, 4.69) is 17.2 Å². The normalized spacial score (nSPS) is 11.0. The summed E-state index contributed by atoms with van der Waals surface area (Å²) in [6.45, 7) is 0. The molecule has 0 aliphatic carbocycles. The van der Waals surface area contributed by atoms with E-state index >= 15 is 0 Å². The van der Waals surface area contributed by atoms with Crippen molar-refractivity contribution in [3.8, 4) is 33.8 Å². The molecule has 7 nitrogen and oxygen atoms in total. The van der Waals surface area contributed by atoms with Crippen LogP contribution < -0.4 is 4.80 Å². The monoisotopic (exact) mass is 437 g/mol. The number of nitriles is 2. The standard InChI is InChI=1S/C24H15N5O2S/c1-29-24(32-22(28-29)18-11-7-16(14-26)8-12-18)27-20-4-2-3-19(23(30)31)21(20)17-9-5-15(13-25)6-10-17/h2-12H,1H3,(H,30,31). The average molecular weight is 437 g/mol. The summed E-state index contributed by atoms with van der Waals surface area (Å²) < 4.78 is 1.63. The summed E-state index contributed by atoms with van der Waals surface area (Å²) in [7, 11) is 1.77. The number of aryl methyl sites for hydroxylation is 1. The molecule has 8 heteroatoms. The molecule has 0 aliphatic rings. The van der Waals surface area contributed by atoms with Gasteiger partial charge in [0.05, 0.1) is 34.5 Å². The van der Waals surface area contributed by atoms with Crippen molar-refractivity contribution in [2.75, 3.05) is 0 Å². The summed E-state index contributed by atoms with van der Waals surface area (Å²) in [5.74, 6) is -1.06. The van der Waals surface area contributed by atoms with Gasteiger partial charge in [-0.1, -0.05) is 41.7 Å². The van der Waals surface area contributed by atoms with Crippen LogP contribution in [0.15, 0.2) is 71.7 Å². The van der Waals surface area contributed by atoms with Crippen LogP contribution in [0.1, 0.15) is 21.5 Å². The number of aromatic nitrogens is 2. The van der Waals surface area contributed by atoms with Crippen molar-refractivity contribution in [3.05, 3.63) is 88.2 Å². The number of aromatic carboxylic acids is 1. The highest BCUT2D eigenvalue weighted by Gasteiger charge is 2.16. The first kappa shape index (κ1) is 20.7. The minimum Gasteiger partial charge on any atom is -0.478 e. The van der Waals surface area contributed by atoms with E-state index in [0.29, 0.717) is 32.7 Å². The molecule has 0 saturated carbocycles. The molecule has 4 aromatic rings. The van der Waals surface area contributed by atoms with Crippen molar-refractivity contribution in [3.63, 3.8) is 0 Å². The largest absolute Gasteiger partial charge is 0.478 e. The molecule has 154 valence electrons. The van der Waals surface area contributed by atoms with E-state index in [9.17, 15) is 9.90 Å². The Hall–Kier alpha value is -4.53. The minimum atomic E-state index is -1.06. The molecule has 32 heavy (non-hydrogen) atoms. The quantitative estimate of drug-likeness (QED) is 0.505. The van der Waals surface area contributed by atoms with Crippen LogP contribution in [0.5, 0.6) is 0 Å². The van der Waals surface area contributed by atoms with Crippen LogP contribution in [-0.2, 0) is 7.05 Å². The maximum atomic E-state index is 11.9. The Bertz CT molecular complexity index is 1470. The molecule has 0 radical (unpaired) electrons. The predicted octanol–water partition coefficient (Wildman–Crippen LogP) is 4.49. The van der Waals surface area contributed by atoms with Crippen LogP contribution in [0, 0.1) is 22.7 Å². The summed E-state index contributed by atoms with van der Waals surface area (Å²) >= 11 is 1.36. The summed E-state index contributed by atoms with van der Waals surface area (Å²) in [5.41, 5.74) is 3.64. The van der Waals surface area contributed by atoms with Crippen molar-refractivity contribution < 1.29 is 9.90 Å². The van der Waals surface area contributed by atoms with Gasteiger partial charge in [-0.25, -0.2) is 14.5 Å². The van der Waals surface area contributed by atoms with Crippen LogP contribution >= 0.6 is 11.3 Å². The van der Waals surface area contributed by atoms with Crippen LogP contribution in [0.25, 0.3) is 21.7 Å². The Balaban J connectivity index is 1.86. The van der Waals surface area contributed by atoms with Crippen molar-refractivity contribution in [1.82, 2.24) is 9.78 Å². The first-order chi connectivity index (χ1) is 15.5. The molecule has 0 amide bonds. The van der Waals surface area contributed by atoms with Gasteiger partial charge in [-0.15, -0.1) is 0 Å². The number of rotatable bonds is 4. The Labute approximate surface area is 187 Å². The lowest BCUT2D eigenvalue weighted by Gasteiger charge is -2.10. The van der Waals surface area contributed by atoms with Gasteiger partial charge in [-0.3, -0.25) is 0 Å². The highest BCUT2D eigenvalue weighted by molar-refractivity contribution is 7.12. The number of nitrogens with zero attached hydrogens (tertiary/aromatic N) is 5. The van der Waals surface area contributed by atoms with Crippen LogP contribution in [0.2, 0.25) is 0 Å². The van der Waals surface area contributed by atoms with Gasteiger partial charge in [-0.2, -0.15) is 15.6 Å². The average Bonchev–Trinajstić information content (AvgIpc) is 3.19. The lowest BCUT2D eigenvalue weighted by atomic mass is 9.97. The highest BCUT2D eigenvalue weighted by atomic mass is 32.1. The number of benzene rings is 3. The molecule has 1 heterocycles. The molecule has 3 aromatic carbocycles. The second kappa shape index (κ2) is 8.68. The molecule has 0 fully saturated rings. The third-order valence-electron chi connectivity index (χ3n) is 4.76. The molecule has 0 bridgehead atoms. The highest BCUT2D eigenvalue weighted by Crippen LogP contribution is 2.34. The molecule has 0 aliphatic heterocycles. The topological polar surface area (TPSA) is 115 Å². The van der Waals surface area contributed by atoms with Crippen LogP contribution in [0.3, 0.4) is 0 Å². The number of hydrogen-bond donors (Lipinski definition) is 1. The van der Waals surface area contributed by atoms with Gasteiger partial charge in [0.2, 0.25) is 4.80 Å². The van der Waals surface area contributed by atoms with E-state index in [0.717, 1.165) is 10.6 Å². The molecule has 0 unspecified atom stereocenters. The van der Waals surface area contributed by atoms with E-state index in [1.165, 1.54) is 17.4 Å². The summed E-state index contributed by atoms with van der Waals surface area (Å²) in [5, 5.41) is 33.0. The number of carbonyl (C=O) groups is 1. The fraction of sp³-hybridized carbons (Fsp3) is 0.0417. The molecule has 0 atom stereocenters. The Morgan fingerprint density at radius 1 is 0.969 bits per heavy atom. The third-order valence-corrected chi connectivity index (χ3v) is 5.81. The molecule has 1 N–H and O–H groups in total. The zero-order valence-corrected chi connectivity index (χ0v) is 17.7. The second-order valence-corrected chi connectivity index (χ2v) is 7.76. The molecule has 1 aromatic heterocycles. The zero-order valence-electron chi connectivity index (χ0n) is 16.9. The van der Waals surface area contributed by atoms with Gasteiger partial charge >= 0.3 is 5.97 Å². The number of hydrogen-bond acceptors (Lipinski definition) is 6. The predicted molar refractivity (Wildman–Crippen MR) is 120 cm³/mol. The maximum Gasteiger partial charge on any atom is 0.336 e. The second-order valence-electron chi connectivity index (χ2n) is 6.81. The molecular weight excluding hydrogens is 422 g/mol. The van der Waals surface area contributed by atoms with Gasteiger partial charge in [0.25, 0.3) is 0 Å². The SMILES string of the molecule is Cn1nc(-c2ccc(C#N)cc2)sc1=Nc1cccc(C(=O)O)c1-c1ccc(C#N)cc1. The smallest absolute Gasteiger partial charge is 0.336 e. The molecule has 4 rings (SSSR count). The Morgan fingerprint density at radius 2 is 1.56 bits per heavy atom. The molecular formula is C24H15N5O2S. The zero-order chi connectivity index (χ0) is 22.7. The molecule has 0 spiro atoms. The molecule has 0 saturated heterocycles. The van der Waals surface area contributed by atoms with Crippen LogP contribution in [0.4, 0.5) is 5.69 Å². The summed E-state index contributed by atoms with van der Waals surface area (Å²) in [4.78, 5) is 17.2. The van der Waals surface area contributed by atoms with E-state index in [1.54, 1.807) is 60.3 Å². The van der Waals surface area contributed by atoms with Crippen molar-refractivity contribution in [2.45, 2.75) is 0 Å². The maximum absolute atomic E-state index is 11.9.